The van der Waals surface area contributed by atoms with Crippen LogP contribution < -0.4 is 0 Å². The van der Waals surface area contributed by atoms with E-state index in [1.165, 1.54) is 0 Å². The van der Waals surface area contributed by atoms with Gasteiger partial charge < -0.3 is 0 Å². The van der Waals surface area contributed by atoms with E-state index < -0.39 is 10.1 Å². The lowest BCUT2D eigenvalue weighted by molar-refractivity contribution is 0.361. The van der Waals surface area contributed by atoms with Crippen molar-refractivity contribution in [2.24, 2.45) is 0 Å². The van der Waals surface area contributed by atoms with Gasteiger partial charge in [0.25, 0.3) is 10.1 Å². The second-order valence-corrected chi connectivity index (χ2v) is 4.32. The fourth-order valence-corrected chi connectivity index (χ4v) is 1.05. The lowest BCUT2D eigenvalue weighted by Crippen LogP contribution is -2.01. The van der Waals surface area contributed by atoms with Gasteiger partial charge in [-0.05, 0) is 19.3 Å². The van der Waals surface area contributed by atoms with Gasteiger partial charge in [0.05, 0.1) is 12.9 Å². The van der Waals surface area contributed by atoms with Gasteiger partial charge in [-0.3, -0.25) is 4.18 Å². The molecule has 0 heterocycles. The van der Waals surface area contributed by atoms with Gasteiger partial charge in [0.15, 0.2) is 0 Å². The predicted octanol–water partition coefficient (Wildman–Crippen LogP) is 1.88. The van der Waals surface area contributed by atoms with Gasteiger partial charge in [-0.15, -0.1) is 6.58 Å². The molecule has 13 heavy (non-hydrogen) atoms. The summed E-state index contributed by atoms with van der Waals surface area (Å²) in [5.74, 6) is 0. The molecule has 0 N–H and O–H groups in total. The van der Waals surface area contributed by atoms with E-state index in [2.05, 4.69) is 10.8 Å². The second kappa shape index (κ2) is 6.86. The Labute approximate surface area is 80.2 Å². The van der Waals surface area contributed by atoms with Crippen molar-refractivity contribution in [1.29, 1.82) is 0 Å². The van der Waals surface area contributed by atoms with Crippen molar-refractivity contribution in [3.63, 3.8) is 0 Å². The highest BCUT2D eigenvalue weighted by molar-refractivity contribution is 7.85. The van der Waals surface area contributed by atoms with Crippen molar-refractivity contribution < 1.29 is 12.6 Å². The Morgan fingerprint density at radius 1 is 1.31 bits per heavy atom. The van der Waals surface area contributed by atoms with E-state index in [0.717, 1.165) is 25.5 Å². The molecule has 0 aromatic rings. The molecule has 0 aliphatic heterocycles. The van der Waals surface area contributed by atoms with Crippen molar-refractivity contribution in [3.05, 3.63) is 24.8 Å². The van der Waals surface area contributed by atoms with Crippen LogP contribution in [0.4, 0.5) is 0 Å². The minimum atomic E-state index is -3.29. The van der Waals surface area contributed by atoms with Crippen molar-refractivity contribution in [3.8, 4) is 0 Å². The number of allylic oxidation sites excluding steroid dienone is 2. The van der Waals surface area contributed by atoms with Gasteiger partial charge in [-0.25, -0.2) is 0 Å². The fourth-order valence-electron chi connectivity index (χ4n) is 0.729. The van der Waals surface area contributed by atoms with Crippen LogP contribution >= 0.6 is 0 Å². The minimum Gasteiger partial charge on any atom is -0.266 e. The smallest absolute Gasteiger partial charge is 0.264 e. The molecule has 0 radical (unpaired) electrons. The molecule has 0 saturated heterocycles. The molecule has 0 aromatic carbocycles. The van der Waals surface area contributed by atoms with Gasteiger partial charge in [-0.1, -0.05) is 18.2 Å². The molecule has 0 unspecified atom stereocenters. The maximum Gasteiger partial charge on any atom is 0.264 e. The summed E-state index contributed by atoms with van der Waals surface area (Å²) in [5, 5.41) is 0. The highest BCUT2D eigenvalue weighted by atomic mass is 32.2. The Morgan fingerprint density at radius 2 is 2.00 bits per heavy atom. The topological polar surface area (TPSA) is 43.4 Å². The molecule has 0 rings (SSSR count). The zero-order valence-corrected chi connectivity index (χ0v) is 8.72. The van der Waals surface area contributed by atoms with E-state index in [1.54, 1.807) is 6.08 Å². The highest BCUT2D eigenvalue weighted by Crippen LogP contribution is 1.97. The maximum atomic E-state index is 10.5. The van der Waals surface area contributed by atoms with Gasteiger partial charge in [-0.2, -0.15) is 8.42 Å². The fraction of sp³-hybridized carbons (Fsp3) is 0.556. The second-order valence-electron chi connectivity index (χ2n) is 2.68. The Hall–Kier alpha value is -0.610. The summed E-state index contributed by atoms with van der Waals surface area (Å²) in [4.78, 5) is 0. The molecule has 0 saturated carbocycles. The van der Waals surface area contributed by atoms with Gasteiger partial charge in [0.2, 0.25) is 0 Å². The average Bonchev–Trinajstić information content (AvgIpc) is 2.01. The molecule has 4 heteroatoms. The first-order chi connectivity index (χ1) is 6.06. The van der Waals surface area contributed by atoms with Crippen LogP contribution in [0, 0.1) is 0 Å². The molecule has 0 bridgehead atoms. The summed E-state index contributed by atoms with van der Waals surface area (Å²) in [5.41, 5.74) is 0. The van der Waals surface area contributed by atoms with Crippen LogP contribution in [0.1, 0.15) is 19.3 Å². The first-order valence-corrected chi connectivity index (χ1v) is 5.98. The third-order valence-corrected chi connectivity index (χ3v) is 1.89. The van der Waals surface area contributed by atoms with E-state index in [9.17, 15) is 8.42 Å². The normalized spacial score (nSPS) is 12.1. The Kier molecular flexibility index (Phi) is 6.54. The Morgan fingerprint density at radius 3 is 2.54 bits per heavy atom. The van der Waals surface area contributed by atoms with Crippen LogP contribution in [0.2, 0.25) is 0 Å². The molecule has 0 amide bonds. The quantitative estimate of drug-likeness (QED) is 0.361. The molecule has 3 nitrogen and oxygen atoms in total. The van der Waals surface area contributed by atoms with E-state index in [0.29, 0.717) is 0 Å². The molecule has 76 valence electrons. The van der Waals surface area contributed by atoms with E-state index in [1.807, 2.05) is 12.2 Å². The number of hydrogen-bond donors (Lipinski definition) is 0. The van der Waals surface area contributed by atoms with Gasteiger partial charge in [0, 0.05) is 0 Å². The van der Waals surface area contributed by atoms with E-state index in [-0.39, 0.29) is 6.61 Å². The van der Waals surface area contributed by atoms with Crippen molar-refractivity contribution in [2.45, 2.75) is 19.3 Å². The molecule has 0 aromatic heterocycles. The third kappa shape index (κ3) is 11.4. The summed E-state index contributed by atoms with van der Waals surface area (Å²) in [6.45, 7) is 3.73. The first kappa shape index (κ1) is 12.4. The summed E-state index contributed by atoms with van der Waals surface area (Å²) < 4.78 is 25.5. The number of unbranched alkanes of at least 4 members (excludes halogenated alkanes) is 2. The molecule has 0 aliphatic carbocycles. The summed E-state index contributed by atoms with van der Waals surface area (Å²) >= 11 is 0. The summed E-state index contributed by atoms with van der Waals surface area (Å²) in [6.07, 6.45) is 9.48. The predicted molar refractivity (Wildman–Crippen MR) is 54.0 cm³/mol. The van der Waals surface area contributed by atoms with Crippen LogP contribution in [0.3, 0.4) is 0 Å². The van der Waals surface area contributed by atoms with Crippen molar-refractivity contribution in [1.82, 2.24) is 0 Å². The first-order valence-electron chi connectivity index (χ1n) is 4.16. The molecular weight excluding hydrogens is 188 g/mol. The third-order valence-electron chi connectivity index (χ3n) is 1.32. The lowest BCUT2D eigenvalue weighted by Gasteiger charge is -1.94. The SMILES string of the molecule is C=CCCCC=CCOS(C)(=O)=O. The highest BCUT2D eigenvalue weighted by Gasteiger charge is 1.96. The number of hydrogen-bond acceptors (Lipinski definition) is 3. The van der Waals surface area contributed by atoms with Crippen molar-refractivity contribution >= 4 is 10.1 Å². The largest absolute Gasteiger partial charge is 0.266 e. The van der Waals surface area contributed by atoms with Crippen LogP contribution in [0.25, 0.3) is 0 Å². The van der Waals surface area contributed by atoms with Gasteiger partial charge >= 0.3 is 0 Å². The van der Waals surface area contributed by atoms with Crippen LogP contribution in [-0.4, -0.2) is 21.3 Å². The summed E-state index contributed by atoms with van der Waals surface area (Å²) in [6, 6.07) is 0. The average molecular weight is 204 g/mol. The lowest BCUT2D eigenvalue weighted by atomic mass is 10.2. The Balaban J connectivity index is 3.37. The van der Waals surface area contributed by atoms with E-state index in [4.69, 9.17) is 0 Å². The van der Waals surface area contributed by atoms with Crippen LogP contribution in [0.5, 0.6) is 0 Å². The molecule has 0 fully saturated rings. The van der Waals surface area contributed by atoms with Gasteiger partial charge in [0.1, 0.15) is 0 Å². The van der Waals surface area contributed by atoms with E-state index >= 15 is 0 Å². The minimum absolute atomic E-state index is 0.132. The molecule has 0 spiro atoms. The zero-order valence-electron chi connectivity index (χ0n) is 7.90. The van der Waals surface area contributed by atoms with Crippen LogP contribution in [0.15, 0.2) is 24.8 Å². The number of rotatable bonds is 7. The Bertz CT molecular complexity index is 252. The monoisotopic (exact) mass is 204 g/mol. The molecule has 0 aliphatic rings. The van der Waals surface area contributed by atoms with Crippen molar-refractivity contribution in [2.75, 3.05) is 12.9 Å². The molecular formula is C9H16O3S. The summed E-state index contributed by atoms with van der Waals surface area (Å²) in [7, 11) is -3.29. The molecule has 0 atom stereocenters. The van der Waals surface area contributed by atoms with Crippen LogP contribution in [-0.2, 0) is 14.3 Å². The zero-order chi connectivity index (χ0) is 10.2. The standard InChI is InChI=1S/C9H16O3S/c1-3-4-5-6-7-8-9-12-13(2,10)11/h3,7-8H,1,4-6,9H2,2H3. The maximum absolute atomic E-state index is 10.5.